The first-order valence-corrected chi connectivity index (χ1v) is 11.7. The van der Waals surface area contributed by atoms with Gasteiger partial charge >= 0.3 is 0 Å². The smallest absolute Gasteiger partial charge is 0.261 e. The van der Waals surface area contributed by atoms with Crippen LogP contribution in [0.2, 0.25) is 0 Å². The molecule has 0 spiro atoms. The monoisotopic (exact) mass is 506 g/mol. The molecule has 3 aromatic rings. The maximum atomic E-state index is 12.6. The zero-order chi connectivity index (χ0) is 21.5. The standard InChI is InChI=1S/C20H19BrN4O3S2/c1-28-16-11-14(29-2)6-7-15(16)19(27)23-20-25-24-17(30-20)8-9-22-18(26)12-4-3-5-13(21)10-12/h3-7,10-11H,8-9H2,1-2H3,(H,22,26)(H,23,25,27). The van der Waals surface area contributed by atoms with E-state index in [-0.39, 0.29) is 11.8 Å². The van der Waals surface area contributed by atoms with Crippen molar-refractivity contribution in [2.45, 2.75) is 11.3 Å². The number of carbonyl (C=O) groups excluding carboxylic acids is 2. The average Bonchev–Trinajstić information content (AvgIpc) is 3.20. The van der Waals surface area contributed by atoms with Gasteiger partial charge in [0.1, 0.15) is 10.8 Å². The van der Waals surface area contributed by atoms with E-state index >= 15 is 0 Å². The third-order valence-corrected chi connectivity index (χ3v) is 6.17. The van der Waals surface area contributed by atoms with E-state index in [0.717, 1.165) is 9.37 Å². The molecule has 0 radical (unpaired) electrons. The van der Waals surface area contributed by atoms with Crippen molar-refractivity contribution in [1.82, 2.24) is 15.5 Å². The molecular weight excluding hydrogens is 488 g/mol. The second-order valence-corrected chi connectivity index (χ2v) is 8.89. The van der Waals surface area contributed by atoms with Crippen LogP contribution in [0.1, 0.15) is 25.7 Å². The SMILES string of the molecule is COc1cc(SC)ccc1C(=O)Nc1nnc(CCNC(=O)c2cccc(Br)c2)s1. The highest BCUT2D eigenvalue weighted by molar-refractivity contribution is 9.10. The molecule has 0 atom stereocenters. The summed E-state index contributed by atoms with van der Waals surface area (Å²) in [7, 11) is 1.53. The first kappa shape index (κ1) is 22.3. The van der Waals surface area contributed by atoms with E-state index in [1.165, 1.54) is 18.4 Å². The van der Waals surface area contributed by atoms with Gasteiger partial charge in [0.15, 0.2) is 0 Å². The van der Waals surface area contributed by atoms with Gasteiger partial charge in [-0.2, -0.15) is 0 Å². The van der Waals surface area contributed by atoms with E-state index in [0.29, 0.717) is 40.0 Å². The van der Waals surface area contributed by atoms with Gasteiger partial charge in [0.25, 0.3) is 11.8 Å². The number of nitrogens with zero attached hydrogens (tertiary/aromatic N) is 2. The summed E-state index contributed by atoms with van der Waals surface area (Å²) in [5.74, 6) is 0.0274. The molecule has 0 saturated carbocycles. The van der Waals surface area contributed by atoms with Crippen LogP contribution in [0, 0.1) is 0 Å². The summed E-state index contributed by atoms with van der Waals surface area (Å²) >= 11 is 6.19. The van der Waals surface area contributed by atoms with Crippen LogP contribution in [-0.2, 0) is 6.42 Å². The van der Waals surface area contributed by atoms with E-state index in [1.54, 1.807) is 30.0 Å². The summed E-state index contributed by atoms with van der Waals surface area (Å²) in [6.07, 6.45) is 2.47. The van der Waals surface area contributed by atoms with Gasteiger partial charge in [0.05, 0.1) is 12.7 Å². The lowest BCUT2D eigenvalue weighted by Crippen LogP contribution is -2.25. The molecule has 1 heterocycles. The number of anilines is 1. The molecule has 30 heavy (non-hydrogen) atoms. The van der Waals surface area contributed by atoms with E-state index in [9.17, 15) is 9.59 Å². The topological polar surface area (TPSA) is 93.2 Å². The number of hydrogen-bond acceptors (Lipinski definition) is 7. The molecule has 0 aliphatic heterocycles. The number of nitrogens with one attached hydrogen (secondary N) is 2. The van der Waals surface area contributed by atoms with Gasteiger partial charge in [-0.25, -0.2) is 0 Å². The Morgan fingerprint density at radius 1 is 1.17 bits per heavy atom. The van der Waals surface area contributed by atoms with Gasteiger partial charge in [-0.1, -0.05) is 33.3 Å². The van der Waals surface area contributed by atoms with Crippen LogP contribution >= 0.6 is 39.0 Å². The number of thioether (sulfide) groups is 1. The highest BCUT2D eigenvalue weighted by Gasteiger charge is 2.15. The van der Waals surface area contributed by atoms with Crippen molar-refractivity contribution in [3.05, 3.63) is 63.1 Å². The minimum Gasteiger partial charge on any atom is -0.496 e. The van der Waals surface area contributed by atoms with Gasteiger partial charge in [-0.3, -0.25) is 14.9 Å². The van der Waals surface area contributed by atoms with Crippen LogP contribution in [0.15, 0.2) is 51.8 Å². The van der Waals surface area contributed by atoms with Crippen molar-refractivity contribution in [3.63, 3.8) is 0 Å². The molecule has 7 nitrogen and oxygen atoms in total. The van der Waals surface area contributed by atoms with Crippen molar-refractivity contribution in [3.8, 4) is 5.75 Å². The summed E-state index contributed by atoms with van der Waals surface area (Å²) in [5, 5.41) is 14.8. The van der Waals surface area contributed by atoms with Crippen LogP contribution in [0.5, 0.6) is 5.75 Å². The van der Waals surface area contributed by atoms with Gasteiger partial charge in [0.2, 0.25) is 5.13 Å². The number of amides is 2. The maximum Gasteiger partial charge on any atom is 0.261 e. The minimum absolute atomic E-state index is 0.157. The predicted octanol–water partition coefficient (Wildman–Crippen LogP) is 4.26. The van der Waals surface area contributed by atoms with Gasteiger partial charge in [-0.05, 0) is 42.7 Å². The number of ether oxygens (including phenoxy) is 1. The normalized spacial score (nSPS) is 10.5. The molecule has 0 aliphatic rings. The number of aromatic nitrogens is 2. The molecule has 156 valence electrons. The van der Waals surface area contributed by atoms with Gasteiger partial charge < -0.3 is 10.1 Å². The maximum absolute atomic E-state index is 12.6. The number of rotatable bonds is 8. The van der Waals surface area contributed by atoms with Gasteiger partial charge in [-0.15, -0.1) is 22.0 Å². The Bertz CT molecular complexity index is 1060. The number of benzene rings is 2. The van der Waals surface area contributed by atoms with Crippen molar-refractivity contribution in [2.24, 2.45) is 0 Å². The van der Waals surface area contributed by atoms with Crippen LogP contribution < -0.4 is 15.4 Å². The summed E-state index contributed by atoms with van der Waals surface area (Å²) in [6.45, 7) is 0.415. The molecule has 0 saturated heterocycles. The molecular formula is C20H19BrN4O3S2. The van der Waals surface area contributed by atoms with Crippen LogP contribution in [0.4, 0.5) is 5.13 Å². The summed E-state index contributed by atoms with van der Waals surface area (Å²) in [5.41, 5.74) is 1.00. The lowest BCUT2D eigenvalue weighted by molar-refractivity contribution is 0.0953. The Hall–Kier alpha value is -2.43. The Balaban J connectivity index is 1.55. The lowest BCUT2D eigenvalue weighted by Gasteiger charge is -2.09. The third kappa shape index (κ3) is 5.80. The molecule has 3 rings (SSSR count). The Morgan fingerprint density at radius 3 is 2.73 bits per heavy atom. The predicted molar refractivity (Wildman–Crippen MR) is 123 cm³/mol. The molecule has 1 aromatic heterocycles. The van der Waals surface area contributed by atoms with E-state index in [1.807, 2.05) is 30.5 Å². The fourth-order valence-corrected chi connectivity index (χ4v) is 4.13. The molecule has 2 amide bonds. The van der Waals surface area contributed by atoms with Crippen molar-refractivity contribution < 1.29 is 14.3 Å². The second-order valence-electron chi connectivity index (χ2n) is 6.04. The molecule has 2 N–H and O–H groups in total. The molecule has 0 bridgehead atoms. The second kappa shape index (κ2) is 10.6. The van der Waals surface area contributed by atoms with Crippen molar-refractivity contribution in [1.29, 1.82) is 0 Å². The van der Waals surface area contributed by atoms with Crippen molar-refractivity contribution in [2.75, 3.05) is 25.2 Å². The fraction of sp³-hybridized carbons (Fsp3) is 0.200. The van der Waals surface area contributed by atoms with Crippen LogP contribution in [-0.4, -0.2) is 41.9 Å². The zero-order valence-electron chi connectivity index (χ0n) is 16.3. The Kier molecular flexibility index (Phi) is 7.83. The third-order valence-electron chi connectivity index (χ3n) is 4.05. The summed E-state index contributed by atoms with van der Waals surface area (Å²) < 4.78 is 6.17. The van der Waals surface area contributed by atoms with E-state index < -0.39 is 0 Å². The molecule has 0 fully saturated rings. The average molecular weight is 507 g/mol. The number of methoxy groups -OCH3 is 1. The number of carbonyl (C=O) groups is 2. The largest absolute Gasteiger partial charge is 0.496 e. The first-order chi connectivity index (χ1) is 14.5. The molecule has 0 unspecified atom stereocenters. The highest BCUT2D eigenvalue weighted by Crippen LogP contribution is 2.26. The molecule has 10 heteroatoms. The van der Waals surface area contributed by atoms with Gasteiger partial charge in [0, 0.05) is 27.9 Å². The lowest BCUT2D eigenvalue weighted by atomic mass is 10.2. The minimum atomic E-state index is -0.315. The fourth-order valence-electron chi connectivity index (χ4n) is 2.57. The van der Waals surface area contributed by atoms with Crippen LogP contribution in [0.25, 0.3) is 0 Å². The van der Waals surface area contributed by atoms with E-state index in [4.69, 9.17) is 4.74 Å². The number of hydrogen-bond donors (Lipinski definition) is 2. The van der Waals surface area contributed by atoms with Crippen LogP contribution in [0.3, 0.4) is 0 Å². The quantitative estimate of drug-likeness (QED) is 0.443. The highest BCUT2D eigenvalue weighted by atomic mass is 79.9. The Labute approximate surface area is 190 Å². The van der Waals surface area contributed by atoms with Crippen molar-refractivity contribution >= 4 is 56.0 Å². The molecule has 2 aromatic carbocycles. The summed E-state index contributed by atoms with van der Waals surface area (Å²) in [6, 6.07) is 12.6. The summed E-state index contributed by atoms with van der Waals surface area (Å²) in [4.78, 5) is 25.7. The Morgan fingerprint density at radius 2 is 2.00 bits per heavy atom. The zero-order valence-corrected chi connectivity index (χ0v) is 19.5. The first-order valence-electron chi connectivity index (χ1n) is 8.89. The number of halogens is 1. The van der Waals surface area contributed by atoms with E-state index in [2.05, 4.69) is 36.8 Å². The molecule has 0 aliphatic carbocycles.